The fourth-order valence-electron chi connectivity index (χ4n) is 2.37. The number of carboxylic acids is 1. The number of carboxylic acid groups (broad SMARTS) is 1. The smallest absolute Gasteiger partial charge is 0.335 e. The van der Waals surface area contributed by atoms with Gasteiger partial charge >= 0.3 is 12.0 Å². The molecule has 1 fully saturated rings. The van der Waals surface area contributed by atoms with Crippen molar-refractivity contribution in [1.29, 1.82) is 0 Å². The summed E-state index contributed by atoms with van der Waals surface area (Å²) in [6.07, 6.45) is 5.20. The summed E-state index contributed by atoms with van der Waals surface area (Å²) >= 11 is 1.84. The minimum Gasteiger partial charge on any atom is -0.478 e. The summed E-state index contributed by atoms with van der Waals surface area (Å²) in [5.74, 6) is -1.01. The zero-order chi connectivity index (χ0) is 14.5. The molecule has 0 radical (unpaired) electrons. The van der Waals surface area contributed by atoms with Crippen molar-refractivity contribution < 1.29 is 14.7 Å². The maximum Gasteiger partial charge on any atom is 0.335 e. The summed E-state index contributed by atoms with van der Waals surface area (Å²) in [6.45, 7) is 0. The second-order valence-corrected chi connectivity index (χ2v) is 5.99. The maximum atomic E-state index is 11.9. The third-order valence-corrected chi connectivity index (χ3v) is 4.52. The second-order valence-electron chi connectivity index (χ2n) is 4.85. The third-order valence-electron chi connectivity index (χ3n) is 3.42. The van der Waals surface area contributed by atoms with Crippen molar-refractivity contribution in [3.63, 3.8) is 0 Å². The Balaban J connectivity index is 1.88. The van der Waals surface area contributed by atoms with Crippen molar-refractivity contribution in [3.05, 3.63) is 29.8 Å². The summed E-state index contributed by atoms with van der Waals surface area (Å²) in [5, 5.41) is 15.1. The Hall–Kier alpha value is -1.69. The van der Waals surface area contributed by atoms with Crippen LogP contribution in [-0.2, 0) is 0 Å². The van der Waals surface area contributed by atoms with Crippen LogP contribution in [0.3, 0.4) is 0 Å². The first-order valence-corrected chi connectivity index (χ1v) is 7.81. The van der Waals surface area contributed by atoms with E-state index in [-0.39, 0.29) is 17.6 Å². The highest BCUT2D eigenvalue weighted by Crippen LogP contribution is 2.28. The largest absolute Gasteiger partial charge is 0.478 e. The number of carbonyl (C=O) groups is 2. The van der Waals surface area contributed by atoms with Gasteiger partial charge in [0.2, 0.25) is 0 Å². The molecule has 1 aliphatic rings. The van der Waals surface area contributed by atoms with Crippen LogP contribution >= 0.6 is 11.8 Å². The Bertz CT molecular complexity index is 507. The molecule has 1 aliphatic carbocycles. The second kappa shape index (κ2) is 6.65. The van der Waals surface area contributed by atoms with E-state index in [1.807, 2.05) is 11.8 Å². The first-order valence-electron chi connectivity index (χ1n) is 6.52. The summed E-state index contributed by atoms with van der Waals surface area (Å²) in [4.78, 5) is 22.7. The normalized spacial score (nSPS) is 21.4. The molecule has 6 heteroatoms. The van der Waals surface area contributed by atoms with Gasteiger partial charge in [0.05, 0.1) is 5.56 Å². The highest BCUT2D eigenvalue weighted by molar-refractivity contribution is 7.99. The van der Waals surface area contributed by atoms with Crippen LogP contribution in [-0.4, -0.2) is 34.7 Å². The minimum atomic E-state index is -1.01. The molecule has 0 bridgehead atoms. The summed E-state index contributed by atoms with van der Waals surface area (Å²) in [7, 11) is 0. The Labute approximate surface area is 122 Å². The topological polar surface area (TPSA) is 78.4 Å². The molecule has 108 valence electrons. The van der Waals surface area contributed by atoms with Crippen LogP contribution in [0.15, 0.2) is 24.3 Å². The predicted molar refractivity (Wildman–Crippen MR) is 80.5 cm³/mol. The number of amides is 2. The molecule has 0 saturated heterocycles. The maximum absolute atomic E-state index is 11.9. The van der Waals surface area contributed by atoms with Crippen LogP contribution in [0.25, 0.3) is 0 Å². The molecule has 0 aromatic heterocycles. The van der Waals surface area contributed by atoms with Gasteiger partial charge in [-0.2, -0.15) is 11.8 Å². The number of urea groups is 1. The molecule has 1 saturated carbocycles. The van der Waals surface area contributed by atoms with Crippen LogP contribution in [0, 0.1) is 0 Å². The fraction of sp³-hybridized carbons (Fsp3) is 0.429. The molecule has 2 atom stereocenters. The van der Waals surface area contributed by atoms with Crippen LogP contribution in [0.5, 0.6) is 0 Å². The number of rotatable bonds is 4. The van der Waals surface area contributed by atoms with Crippen molar-refractivity contribution in [2.24, 2.45) is 0 Å². The van der Waals surface area contributed by atoms with E-state index >= 15 is 0 Å². The number of nitrogens with one attached hydrogen (secondary N) is 2. The molecule has 0 aliphatic heterocycles. The van der Waals surface area contributed by atoms with Gasteiger partial charge in [-0.1, -0.05) is 6.07 Å². The quantitative estimate of drug-likeness (QED) is 0.798. The number of thioether (sulfide) groups is 1. The lowest BCUT2D eigenvalue weighted by Crippen LogP contribution is -2.36. The van der Waals surface area contributed by atoms with E-state index in [4.69, 9.17) is 5.11 Å². The fourth-order valence-corrected chi connectivity index (χ4v) is 3.16. The lowest BCUT2D eigenvalue weighted by atomic mass is 10.2. The van der Waals surface area contributed by atoms with Crippen molar-refractivity contribution in [3.8, 4) is 0 Å². The highest BCUT2D eigenvalue weighted by Gasteiger charge is 2.25. The van der Waals surface area contributed by atoms with Gasteiger partial charge in [0.15, 0.2) is 0 Å². The van der Waals surface area contributed by atoms with Crippen molar-refractivity contribution in [1.82, 2.24) is 5.32 Å². The predicted octanol–water partition coefficient (Wildman–Crippen LogP) is 2.79. The van der Waals surface area contributed by atoms with Crippen molar-refractivity contribution in [2.45, 2.75) is 30.6 Å². The van der Waals surface area contributed by atoms with Crippen LogP contribution in [0.1, 0.15) is 29.6 Å². The van der Waals surface area contributed by atoms with E-state index in [0.717, 1.165) is 19.3 Å². The number of benzene rings is 1. The molecule has 3 N–H and O–H groups in total. The SMILES string of the molecule is CSC1CCC(NC(=O)Nc2cccc(C(=O)O)c2)C1. The van der Waals surface area contributed by atoms with Crippen LogP contribution in [0.2, 0.25) is 0 Å². The third kappa shape index (κ3) is 3.90. The van der Waals surface area contributed by atoms with E-state index in [0.29, 0.717) is 10.9 Å². The van der Waals surface area contributed by atoms with E-state index in [1.165, 1.54) is 12.1 Å². The standard InChI is InChI=1S/C14H18N2O3S/c1-20-12-6-5-11(8-12)16-14(19)15-10-4-2-3-9(7-10)13(17)18/h2-4,7,11-12H,5-6,8H2,1H3,(H,17,18)(H2,15,16,19). The molecule has 0 spiro atoms. The van der Waals surface area contributed by atoms with Gasteiger partial charge < -0.3 is 15.7 Å². The van der Waals surface area contributed by atoms with Crippen molar-refractivity contribution >= 4 is 29.4 Å². The lowest BCUT2D eigenvalue weighted by Gasteiger charge is -2.14. The highest BCUT2D eigenvalue weighted by atomic mass is 32.2. The molecule has 1 aromatic carbocycles. The summed E-state index contributed by atoms with van der Waals surface area (Å²) in [5.41, 5.74) is 0.646. The van der Waals surface area contributed by atoms with Crippen molar-refractivity contribution in [2.75, 3.05) is 11.6 Å². The van der Waals surface area contributed by atoms with Gasteiger partial charge in [-0.3, -0.25) is 0 Å². The van der Waals surface area contributed by atoms with Gasteiger partial charge in [-0.15, -0.1) is 0 Å². The number of carbonyl (C=O) groups excluding carboxylic acids is 1. The first kappa shape index (κ1) is 14.7. The monoisotopic (exact) mass is 294 g/mol. The molecule has 2 amide bonds. The van der Waals surface area contributed by atoms with E-state index < -0.39 is 5.97 Å². The van der Waals surface area contributed by atoms with Crippen LogP contribution < -0.4 is 10.6 Å². The van der Waals surface area contributed by atoms with Gasteiger partial charge in [0.1, 0.15) is 0 Å². The first-order chi connectivity index (χ1) is 9.58. The Kier molecular flexibility index (Phi) is 4.89. The van der Waals surface area contributed by atoms with Gasteiger partial charge in [0.25, 0.3) is 0 Å². The number of hydrogen-bond acceptors (Lipinski definition) is 3. The average Bonchev–Trinajstić information content (AvgIpc) is 2.86. The molecular weight excluding hydrogens is 276 g/mol. The average molecular weight is 294 g/mol. The number of aromatic carboxylic acids is 1. The van der Waals surface area contributed by atoms with Gasteiger partial charge in [0, 0.05) is 17.0 Å². The molecule has 2 rings (SSSR count). The zero-order valence-corrected chi connectivity index (χ0v) is 12.1. The zero-order valence-electron chi connectivity index (χ0n) is 11.3. The van der Waals surface area contributed by atoms with Crippen LogP contribution in [0.4, 0.5) is 10.5 Å². The van der Waals surface area contributed by atoms with E-state index in [2.05, 4.69) is 16.9 Å². The molecule has 2 unspecified atom stereocenters. The summed E-state index contributed by atoms with van der Waals surface area (Å²) < 4.78 is 0. The lowest BCUT2D eigenvalue weighted by molar-refractivity contribution is 0.0697. The van der Waals surface area contributed by atoms with E-state index in [1.54, 1.807) is 12.1 Å². The Morgan fingerprint density at radius 1 is 1.35 bits per heavy atom. The molecule has 0 heterocycles. The Morgan fingerprint density at radius 3 is 2.80 bits per heavy atom. The molecular formula is C14H18N2O3S. The minimum absolute atomic E-state index is 0.158. The number of anilines is 1. The Morgan fingerprint density at radius 2 is 2.15 bits per heavy atom. The van der Waals surface area contributed by atoms with E-state index in [9.17, 15) is 9.59 Å². The molecule has 20 heavy (non-hydrogen) atoms. The molecule has 5 nitrogen and oxygen atoms in total. The molecule has 1 aromatic rings. The number of hydrogen-bond donors (Lipinski definition) is 3. The summed E-state index contributed by atoms with van der Waals surface area (Å²) in [6, 6.07) is 6.14. The van der Waals surface area contributed by atoms with Gasteiger partial charge in [-0.25, -0.2) is 9.59 Å². The van der Waals surface area contributed by atoms with Gasteiger partial charge in [-0.05, 0) is 43.7 Å².